The van der Waals surface area contributed by atoms with Crippen LogP contribution in [0.15, 0.2) is 77.7 Å². The normalized spacial score (nSPS) is 22.6. The molecule has 0 aliphatic carbocycles. The van der Waals surface area contributed by atoms with Crippen molar-refractivity contribution in [1.29, 1.82) is 0 Å². The van der Waals surface area contributed by atoms with Crippen molar-refractivity contribution in [2.75, 3.05) is 25.6 Å². The second-order valence-corrected chi connectivity index (χ2v) is 10.2. The molecule has 3 aromatic rings. The fourth-order valence-corrected chi connectivity index (χ4v) is 6.76. The molecule has 0 radical (unpaired) electrons. The molecule has 6 nitrogen and oxygen atoms in total. The van der Waals surface area contributed by atoms with Gasteiger partial charge in [-0.1, -0.05) is 42.5 Å². The van der Waals surface area contributed by atoms with Crippen LogP contribution in [-0.2, 0) is 10.0 Å². The minimum atomic E-state index is -3.67. The highest BCUT2D eigenvalue weighted by Gasteiger charge is 2.48. The number of sulfonamides is 1. The molecular formula is C25H26N2O4S. The Kier molecular flexibility index (Phi) is 5.41. The zero-order valence-corrected chi connectivity index (χ0v) is 18.6. The lowest BCUT2D eigenvalue weighted by Crippen LogP contribution is -2.42. The summed E-state index contributed by atoms with van der Waals surface area (Å²) in [5.74, 6) is 0.750. The number of hydrogen-bond acceptors (Lipinski definition) is 5. The molecule has 0 bridgehead atoms. The molecule has 2 N–H and O–H groups in total. The first-order chi connectivity index (χ1) is 15.5. The first-order valence-electron chi connectivity index (χ1n) is 10.8. The van der Waals surface area contributed by atoms with Gasteiger partial charge < -0.3 is 15.2 Å². The molecule has 1 saturated heterocycles. The Morgan fingerprint density at radius 2 is 1.81 bits per heavy atom. The summed E-state index contributed by atoms with van der Waals surface area (Å²) in [5, 5.41) is 13.5. The maximum atomic E-state index is 13.6. The Hall–Kier alpha value is -2.87. The van der Waals surface area contributed by atoms with Crippen LogP contribution >= 0.6 is 0 Å². The third-order valence-corrected chi connectivity index (χ3v) is 8.49. The number of aliphatic hydroxyl groups excluding tert-OH is 1. The van der Waals surface area contributed by atoms with Crippen molar-refractivity contribution in [2.24, 2.45) is 5.92 Å². The van der Waals surface area contributed by atoms with Gasteiger partial charge in [0, 0.05) is 23.7 Å². The van der Waals surface area contributed by atoms with Crippen molar-refractivity contribution in [3.05, 3.63) is 78.4 Å². The maximum absolute atomic E-state index is 13.6. The van der Waals surface area contributed by atoms with Gasteiger partial charge in [0.25, 0.3) is 0 Å². The molecule has 166 valence electrons. The summed E-state index contributed by atoms with van der Waals surface area (Å²) in [6.45, 7) is 0.372. The van der Waals surface area contributed by atoms with Crippen LogP contribution < -0.4 is 10.1 Å². The standard InChI is InChI=1S/C25H26N2O4S/c1-31-24-10-6-5-9-19(24)17-11-12-22-21(15-17)25-20(23(16-28)26-22)13-14-27(25)32(29,30)18-7-3-2-4-8-18/h2-12,15,20,23,25-26,28H,13-14,16H2,1H3/t20-,23-,25-/m0/s1. The highest BCUT2D eigenvalue weighted by atomic mass is 32.2. The van der Waals surface area contributed by atoms with Crippen LogP contribution in [0.25, 0.3) is 11.1 Å². The Labute approximate surface area is 188 Å². The number of hydrogen-bond donors (Lipinski definition) is 2. The van der Waals surface area contributed by atoms with Gasteiger partial charge in [-0.05, 0) is 47.9 Å². The summed E-state index contributed by atoms with van der Waals surface area (Å²) < 4.78 is 34.3. The van der Waals surface area contributed by atoms with Crippen LogP contribution in [-0.4, -0.2) is 44.1 Å². The molecule has 0 amide bonds. The smallest absolute Gasteiger partial charge is 0.243 e. The first kappa shape index (κ1) is 21.0. The van der Waals surface area contributed by atoms with Gasteiger partial charge in [-0.3, -0.25) is 0 Å². The van der Waals surface area contributed by atoms with E-state index in [1.54, 1.807) is 35.7 Å². The number of nitrogens with zero attached hydrogens (tertiary/aromatic N) is 1. The number of fused-ring (bicyclic) bond motifs is 3. The molecule has 2 aliphatic heterocycles. The fraction of sp³-hybridized carbons (Fsp3) is 0.280. The lowest BCUT2D eigenvalue weighted by Gasteiger charge is -2.39. The lowest BCUT2D eigenvalue weighted by atomic mass is 9.82. The van der Waals surface area contributed by atoms with Crippen LogP contribution in [0.3, 0.4) is 0 Å². The van der Waals surface area contributed by atoms with E-state index in [0.717, 1.165) is 28.1 Å². The molecule has 0 aromatic heterocycles. The van der Waals surface area contributed by atoms with Crippen molar-refractivity contribution in [1.82, 2.24) is 4.31 Å². The van der Waals surface area contributed by atoms with E-state index in [1.165, 1.54) is 0 Å². The van der Waals surface area contributed by atoms with Gasteiger partial charge in [0.2, 0.25) is 10.0 Å². The first-order valence-corrected chi connectivity index (χ1v) is 12.2. The van der Waals surface area contributed by atoms with Crippen molar-refractivity contribution in [3.8, 4) is 16.9 Å². The minimum absolute atomic E-state index is 0.0149. The average molecular weight is 451 g/mol. The van der Waals surface area contributed by atoms with E-state index < -0.39 is 10.0 Å². The molecule has 32 heavy (non-hydrogen) atoms. The van der Waals surface area contributed by atoms with E-state index in [4.69, 9.17) is 4.74 Å². The molecule has 3 aromatic carbocycles. The van der Waals surface area contributed by atoms with E-state index in [1.807, 2.05) is 42.5 Å². The Balaban J connectivity index is 1.63. The van der Waals surface area contributed by atoms with Crippen molar-refractivity contribution >= 4 is 15.7 Å². The third kappa shape index (κ3) is 3.37. The second-order valence-electron chi connectivity index (χ2n) is 8.26. The molecule has 0 saturated carbocycles. The van der Waals surface area contributed by atoms with Crippen LogP contribution in [0, 0.1) is 5.92 Å². The van der Waals surface area contributed by atoms with E-state index >= 15 is 0 Å². The molecule has 1 fully saturated rings. The Bertz CT molecular complexity index is 1230. The number of ether oxygens (including phenoxy) is 1. The summed E-state index contributed by atoms with van der Waals surface area (Å²) >= 11 is 0. The number of rotatable bonds is 5. The molecule has 2 aliphatic rings. The number of nitrogens with one attached hydrogen (secondary N) is 1. The van der Waals surface area contributed by atoms with Crippen molar-refractivity contribution < 1.29 is 18.3 Å². The molecule has 0 unspecified atom stereocenters. The second kappa shape index (κ2) is 8.24. The van der Waals surface area contributed by atoms with E-state index in [9.17, 15) is 13.5 Å². The van der Waals surface area contributed by atoms with Crippen molar-refractivity contribution in [3.63, 3.8) is 0 Å². The molecule has 3 atom stereocenters. The largest absolute Gasteiger partial charge is 0.496 e. The number of anilines is 1. The number of para-hydroxylation sites is 1. The molecule has 5 rings (SSSR count). The van der Waals surface area contributed by atoms with Gasteiger partial charge in [0.1, 0.15) is 5.75 Å². The van der Waals surface area contributed by atoms with Crippen LogP contribution in [0.4, 0.5) is 5.69 Å². The number of benzene rings is 3. The molecule has 0 spiro atoms. The molecular weight excluding hydrogens is 424 g/mol. The highest BCUT2D eigenvalue weighted by Crippen LogP contribution is 2.49. The zero-order valence-electron chi connectivity index (χ0n) is 17.8. The summed E-state index contributed by atoms with van der Waals surface area (Å²) in [6.07, 6.45) is 0.688. The predicted molar refractivity (Wildman–Crippen MR) is 124 cm³/mol. The average Bonchev–Trinajstić information content (AvgIpc) is 3.30. The fourth-order valence-electron chi connectivity index (χ4n) is 5.07. The summed E-state index contributed by atoms with van der Waals surface area (Å²) in [5.41, 5.74) is 3.71. The highest BCUT2D eigenvalue weighted by molar-refractivity contribution is 7.89. The van der Waals surface area contributed by atoms with E-state index in [-0.39, 0.29) is 24.6 Å². The SMILES string of the molecule is COc1ccccc1-c1ccc2c(c1)[C@@H]1[C@@H](CCN1S(=O)(=O)c1ccccc1)[C@H](CO)N2. The third-order valence-electron chi connectivity index (χ3n) is 6.59. The van der Waals surface area contributed by atoms with E-state index in [2.05, 4.69) is 11.4 Å². The monoisotopic (exact) mass is 450 g/mol. The van der Waals surface area contributed by atoms with Crippen LogP contribution in [0.1, 0.15) is 18.0 Å². The zero-order chi connectivity index (χ0) is 22.3. The van der Waals surface area contributed by atoms with Crippen LogP contribution in [0.5, 0.6) is 5.75 Å². The Morgan fingerprint density at radius 3 is 2.56 bits per heavy atom. The predicted octanol–water partition coefficient (Wildman–Crippen LogP) is 3.90. The topological polar surface area (TPSA) is 78.9 Å². The Morgan fingerprint density at radius 1 is 1.06 bits per heavy atom. The molecule has 7 heteroatoms. The molecule has 2 heterocycles. The number of methoxy groups -OCH3 is 1. The van der Waals surface area contributed by atoms with Gasteiger partial charge in [-0.2, -0.15) is 4.31 Å². The van der Waals surface area contributed by atoms with Gasteiger partial charge >= 0.3 is 0 Å². The van der Waals surface area contributed by atoms with E-state index in [0.29, 0.717) is 17.9 Å². The van der Waals surface area contributed by atoms with Crippen molar-refractivity contribution in [2.45, 2.75) is 23.4 Å². The summed E-state index contributed by atoms with van der Waals surface area (Å²) in [7, 11) is -2.03. The van der Waals surface area contributed by atoms with Gasteiger partial charge in [-0.15, -0.1) is 0 Å². The van der Waals surface area contributed by atoms with Gasteiger partial charge in [-0.25, -0.2) is 8.42 Å². The van der Waals surface area contributed by atoms with Gasteiger partial charge in [0.15, 0.2) is 0 Å². The number of aliphatic hydroxyl groups is 1. The quantitative estimate of drug-likeness (QED) is 0.616. The summed E-state index contributed by atoms with van der Waals surface area (Å²) in [6, 6.07) is 21.9. The lowest BCUT2D eigenvalue weighted by molar-refractivity contribution is 0.210. The maximum Gasteiger partial charge on any atom is 0.243 e. The van der Waals surface area contributed by atoms with Crippen LogP contribution in [0.2, 0.25) is 0 Å². The van der Waals surface area contributed by atoms with Gasteiger partial charge in [0.05, 0.1) is 30.7 Å². The summed E-state index contributed by atoms with van der Waals surface area (Å²) in [4.78, 5) is 0.294. The minimum Gasteiger partial charge on any atom is -0.496 e.